The minimum atomic E-state index is 0.0377. The Morgan fingerprint density at radius 3 is 2.68 bits per heavy atom. The zero-order valence-corrected chi connectivity index (χ0v) is 12.7. The van der Waals surface area contributed by atoms with Gasteiger partial charge < -0.3 is 4.74 Å². The fourth-order valence-electron chi connectivity index (χ4n) is 3.34. The lowest BCUT2D eigenvalue weighted by Crippen LogP contribution is -2.21. The van der Waals surface area contributed by atoms with Crippen molar-refractivity contribution in [3.63, 3.8) is 0 Å². The van der Waals surface area contributed by atoms with Crippen molar-refractivity contribution >= 4 is 10.8 Å². The van der Waals surface area contributed by atoms with Crippen LogP contribution in [0.2, 0.25) is 0 Å². The summed E-state index contributed by atoms with van der Waals surface area (Å²) in [6.07, 6.45) is 0.922. The van der Waals surface area contributed by atoms with Crippen LogP contribution in [-0.2, 0) is 6.42 Å². The van der Waals surface area contributed by atoms with Gasteiger partial charge in [-0.25, -0.2) is 0 Å². The highest BCUT2D eigenvalue weighted by Gasteiger charge is 2.23. The number of aryl methyl sites for hydroxylation is 1. The summed E-state index contributed by atoms with van der Waals surface area (Å²) in [6.45, 7) is 4.01. The van der Waals surface area contributed by atoms with Gasteiger partial charge in [0.2, 0.25) is 0 Å². The van der Waals surface area contributed by atoms with Gasteiger partial charge in [0, 0.05) is 23.4 Å². The molecule has 1 unspecified atom stereocenters. The fraction of sp³-hybridized carbons (Fsp3) is 0.211. The van der Waals surface area contributed by atoms with Gasteiger partial charge in [-0.05, 0) is 43.5 Å². The summed E-state index contributed by atoms with van der Waals surface area (Å²) in [5.41, 5.74) is 2.92. The van der Waals surface area contributed by atoms with E-state index in [1.807, 2.05) is 56.3 Å². The molecule has 110 valence electrons. The van der Waals surface area contributed by atoms with Crippen LogP contribution in [0.15, 0.2) is 53.3 Å². The molecule has 2 heterocycles. The summed E-state index contributed by atoms with van der Waals surface area (Å²) in [5.74, 6) is 0.848. The van der Waals surface area contributed by atoms with Crippen LogP contribution in [0.3, 0.4) is 0 Å². The highest BCUT2D eigenvalue weighted by molar-refractivity contribution is 5.88. The number of hydrogen-bond donors (Lipinski definition) is 0. The second kappa shape index (κ2) is 4.73. The molecule has 1 aliphatic rings. The van der Waals surface area contributed by atoms with Crippen molar-refractivity contribution in [3.8, 4) is 11.4 Å². The minimum absolute atomic E-state index is 0.0377. The maximum Gasteiger partial charge on any atom is 0.263 e. The Balaban J connectivity index is 2.09. The standard InChI is InChI=1S/C19H17NO2/c1-12-10-14-8-9-17-16(11-13(2)22-17)18(14)19(21)20(12)15-6-4-3-5-7-15/h3-10,13H,11H2,1-2H3. The van der Waals surface area contributed by atoms with E-state index < -0.39 is 0 Å². The van der Waals surface area contributed by atoms with Gasteiger partial charge in [0.05, 0.1) is 5.39 Å². The van der Waals surface area contributed by atoms with Crippen molar-refractivity contribution in [1.29, 1.82) is 0 Å². The third-order valence-electron chi connectivity index (χ3n) is 4.27. The monoisotopic (exact) mass is 291 g/mol. The van der Waals surface area contributed by atoms with Gasteiger partial charge in [-0.1, -0.05) is 24.3 Å². The average Bonchev–Trinajstić information content (AvgIpc) is 2.88. The third-order valence-corrected chi connectivity index (χ3v) is 4.27. The number of hydrogen-bond acceptors (Lipinski definition) is 2. The van der Waals surface area contributed by atoms with Crippen molar-refractivity contribution in [3.05, 3.63) is 70.1 Å². The number of ether oxygens (including phenoxy) is 1. The molecule has 4 rings (SSSR count). The zero-order chi connectivity index (χ0) is 15.3. The molecule has 3 nitrogen and oxygen atoms in total. The van der Waals surface area contributed by atoms with Gasteiger partial charge in [0.1, 0.15) is 11.9 Å². The lowest BCUT2D eigenvalue weighted by atomic mass is 10.0. The predicted molar refractivity (Wildman–Crippen MR) is 88.1 cm³/mol. The van der Waals surface area contributed by atoms with Crippen LogP contribution in [0, 0.1) is 6.92 Å². The smallest absolute Gasteiger partial charge is 0.263 e. The SMILES string of the molecule is Cc1cc2ccc3c(c2c(=O)n1-c1ccccc1)CC(C)O3. The average molecular weight is 291 g/mol. The van der Waals surface area contributed by atoms with Gasteiger partial charge in [-0.2, -0.15) is 0 Å². The van der Waals surface area contributed by atoms with Crippen LogP contribution in [0.1, 0.15) is 18.2 Å². The summed E-state index contributed by atoms with van der Waals surface area (Å²) in [5, 5.41) is 1.78. The molecule has 1 aliphatic heterocycles. The molecule has 0 spiro atoms. The van der Waals surface area contributed by atoms with Gasteiger partial charge in [-0.15, -0.1) is 0 Å². The topological polar surface area (TPSA) is 31.2 Å². The van der Waals surface area contributed by atoms with Crippen molar-refractivity contribution in [2.24, 2.45) is 0 Å². The van der Waals surface area contributed by atoms with E-state index in [9.17, 15) is 4.79 Å². The quantitative estimate of drug-likeness (QED) is 0.685. The summed E-state index contributed by atoms with van der Waals surface area (Å²) in [7, 11) is 0. The lowest BCUT2D eigenvalue weighted by molar-refractivity contribution is 0.254. The fourth-order valence-corrected chi connectivity index (χ4v) is 3.34. The Kier molecular flexibility index (Phi) is 2.83. The first kappa shape index (κ1) is 13.1. The number of para-hydroxylation sites is 1. The predicted octanol–water partition coefficient (Wildman–Crippen LogP) is 3.62. The first-order valence-corrected chi connectivity index (χ1v) is 7.55. The first-order valence-electron chi connectivity index (χ1n) is 7.55. The van der Waals surface area contributed by atoms with Gasteiger partial charge in [0.15, 0.2) is 0 Å². The molecule has 1 atom stereocenters. The highest BCUT2D eigenvalue weighted by Crippen LogP contribution is 2.33. The molecule has 3 aromatic rings. The number of nitrogens with zero attached hydrogens (tertiary/aromatic N) is 1. The Morgan fingerprint density at radius 2 is 1.91 bits per heavy atom. The third kappa shape index (κ3) is 1.86. The van der Waals surface area contributed by atoms with E-state index in [1.54, 1.807) is 4.57 Å². The highest BCUT2D eigenvalue weighted by atomic mass is 16.5. The van der Waals surface area contributed by atoms with E-state index in [0.717, 1.165) is 39.9 Å². The molecule has 0 saturated carbocycles. The minimum Gasteiger partial charge on any atom is -0.490 e. The van der Waals surface area contributed by atoms with Gasteiger partial charge in [-0.3, -0.25) is 9.36 Å². The molecule has 1 aromatic heterocycles. The molecule has 0 fully saturated rings. The van der Waals surface area contributed by atoms with Crippen LogP contribution in [-0.4, -0.2) is 10.7 Å². The Bertz CT molecular complexity index is 926. The van der Waals surface area contributed by atoms with Crippen LogP contribution in [0.4, 0.5) is 0 Å². The Labute approximate surface area is 128 Å². The summed E-state index contributed by atoms with van der Waals surface area (Å²) in [6, 6.07) is 15.8. The number of pyridine rings is 1. The lowest BCUT2D eigenvalue weighted by Gasteiger charge is -2.13. The Morgan fingerprint density at radius 1 is 1.14 bits per heavy atom. The summed E-state index contributed by atoms with van der Waals surface area (Å²) in [4.78, 5) is 13.1. The van der Waals surface area contributed by atoms with Gasteiger partial charge in [0.25, 0.3) is 5.56 Å². The molecule has 2 aromatic carbocycles. The zero-order valence-electron chi connectivity index (χ0n) is 12.7. The first-order chi connectivity index (χ1) is 10.6. The second-order valence-electron chi connectivity index (χ2n) is 5.90. The van der Waals surface area contributed by atoms with Crippen LogP contribution >= 0.6 is 0 Å². The van der Waals surface area contributed by atoms with Crippen molar-refractivity contribution in [2.45, 2.75) is 26.4 Å². The maximum absolute atomic E-state index is 13.1. The number of fused-ring (bicyclic) bond motifs is 3. The second-order valence-corrected chi connectivity index (χ2v) is 5.90. The summed E-state index contributed by atoms with van der Waals surface area (Å²) >= 11 is 0. The van der Waals surface area contributed by atoms with Crippen molar-refractivity contribution in [1.82, 2.24) is 4.57 Å². The maximum atomic E-state index is 13.1. The number of rotatable bonds is 1. The van der Waals surface area contributed by atoms with E-state index in [2.05, 4.69) is 6.07 Å². The van der Waals surface area contributed by atoms with E-state index in [1.165, 1.54) is 0 Å². The van der Waals surface area contributed by atoms with Crippen molar-refractivity contribution in [2.75, 3.05) is 0 Å². The molecular weight excluding hydrogens is 274 g/mol. The molecule has 0 bridgehead atoms. The normalized spacial score (nSPS) is 16.5. The molecule has 3 heteroatoms. The molecular formula is C19H17NO2. The van der Waals surface area contributed by atoms with Crippen LogP contribution < -0.4 is 10.3 Å². The number of benzene rings is 2. The van der Waals surface area contributed by atoms with Crippen LogP contribution in [0.5, 0.6) is 5.75 Å². The van der Waals surface area contributed by atoms with Crippen molar-refractivity contribution < 1.29 is 4.74 Å². The van der Waals surface area contributed by atoms with E-state index in [4.69, 9.17) is 4.74 Å². The summed E-state index contributed by atoms with van der Waals surface area (Å²) < 4.78 is 7.58. The number of aromatic nitrogens is 1. The molecule has 0 aliphatic carbocycles. The van der Waals surface area contributed by atoms with Crippen LogP contribution in [0.25, 0.3) is 16.5 Å². The van der Waals surface area contributed by atoms with E-state index in [0.29, 0.717) is 0 Å². The molecule has 0 saturated heterocycles. The molecule has 22 heavy (non-hydrogen) atoms. The molecule has 0 N–H and O–H groups in total. The Hall–Kier alpha value is -2.55. The van der Waals surface area contributed by atoms with Gasteiger partial charge >= 0.3 is 0 Å². The van der Waals surface area contributed by atoms with E-state index >= 15 is 0 Å². The molecule has 0 radical (unpaired) electrons. The van der Waals surface area contributed by atoms with E-state index in [-0.39, 0.29) is 11.7 Å². The largest absolute Gasteiger partial charge is 0.490 e. The molecule has 0 amide bonds.